The first-order valence-electron chi connectivity index (χ1n) is 6.99. The summed E-state index contributed by atoms with van der Waals surface area (Å²) in [6.07, 6.45) is 0. The smallest absolute Gasteiger partial charge is 0.274 e. The van der Waals surface area contributed by atoms with Crippen LogP contribution in [0.15, 0.2) is 53.4 Å². The Morgan fingerprint density at radius 1 is 1.22 bits per heavy atom. The van der Waals surface area contributed by atoms with Gasteiger partial charge in [-0.15, -0.1) is 0 Å². The first kappa shape index (κ1) is 15.5. The minimum Gasteiger partial charge on any atom is -0.280 e. The summed E-state index contributed by atoms with van der Waals surface area (Å²) in [4.78, 5) is 29.7. The predicted molar refractivity (Wildman–Crippen MR) is 90.2 cm³/mol. The van der Waals surface area contributed by atoms with Gasteiger partial charge in [-0.1, -0.05) is 40.8 Å². The Morgan fingerprint density at radius 2 is 1.91 bits per heavy atom. The van der Waals surface area contributed by atoms with Crippen LogP contribution in [-0.4, -0.2) is 29.1 Å². The van der Waals surface area contributed by atoms with Crippen LogP contribution < -0.4 is 5.48 Å². The average molecular weight is 328 g/mol. The fourth-order valence-corrected chi connectivity index (χ4v) is 3.92. The van der Waals surface area contributed by atoms with Gasteiger partial charge in [0.05, 0.1) is 19.2 Å². The normalized spacial score (nSPS) is 16.3. The zero-order chi connectivity index (χ0) is 16.4. The Balaban J connectivity index is 1.77. The van der Waals surface area contributed by atoms with Gasteiger partial charge < -0.3 is 0 Å². The summed E-state index contributed by atoms with van der Waals surface area (Å²) in [6.45, 7) is 0.465. The van der Waals surface area contributed by atoms with Gasteiger partial charge in [0, 0.05) is 10.5 Å². The van der Waals surface area contributed by atoms with E-state index in [0.29, 0.717) is 12.1 Å². The van der Waals surface area contributed by atoms with Crippen molar-refractivity contribution in [2.45, 2.75) is 11.4 Å². The second-order valence-corrected chi connectivity index (χ2v) is 6.64. The first-order chi connectivity index (χ1) is 11.1. The van der Waals surface area contributed by atoms with Gasteiger partial charge >= 0.3 is 0 Å². The molecule has 3 rings (SSSR count). The molecular weight excluding hydrogens is 312 g/mol. The van der Waals surface area contributed by atoms with Crippen molar-refractivity contribution in [3.8, 4) is 0 Å². The summed E-state index contributed by atoms with van der Waals surface area (Å²) in [5.41, 5.74) is 4.44. The largest absolute Gasteiger partial charge is 0.280 e. The van der Waals surface area contributed by atoms with Gasteiger partial charge in [-0.25, -0.2) is 5.48 Å². The average Bonchev–Trinajstić information content (AvgIpc) is 2.81. The second kappa shape index (κ2) is 6.36. The number of rotatable bonds is 4. The number of hydrogen-bond donors (Lipinski definition) is 1. The molecule has 0 saturated carbocycles. The third-order valence-corrected chi connectivity index (χ3v) is 5.29. The zero-order valence-electron chi connectivity index (χ0n) is 12.6. The highest BCUT2D eigenvalue weighted by Crippen LogP contribution is 2.41. The summed E-state index contributed by atoms with van der Waals surface area (Å²) < 4.78 is 1.76. The van der Waals surface area contributed by atoms with Crippen molar-refractivity contribution in [1.82, 2.24) is 9.79 Å². The van der Waals surface area contributed by atoms with Crippen LogP contribution in [0.2, 0.25) is 0 Å². The molecule has 1 N–H and O–H groups in total. The lowest BCUT2D eigenvalue weighted by molar-refractivity contribution is 0.0537. The second-order valence-electron chi connectivity index (χ2n) is 5.03. The molecule has 2 amide bonds. The molecule has 6 heteroatoms. The predicted octanol–water partition coefficient (Wildman–Crippen LogP) is 2.61. The number of hydrogen-bond acceptors (Lipinski definition) is 3. The highest BCUT2D eigenvalue weighted by Gasteiger charge is 2.29. The molecular formula is C17H16N2O3S. The fourth-order valence-electron chi connectivity index (χ4n) is 2.43. The molecule has 0 bridgehead atoms. The maximum absolute atomic E-state index is 12.5. The van der Waals surface area contributed by atoms with Crippen molar-refractivity contribution >= 4 is 28.4 Å². The minimum absolute atomic E-state index is 0.000126. The summed E-state index contributed by atoms with van der Waals surface area (Å²) in [6, 6.07) is 14.6. The maximum atomic E-state index is 12.5. The number of carbonyl (C=O) groups is 2. The van der Waals surface area contributed by atoms with E-state index in [9.17, 15) is 9.59 Å². The highest BCUT2D eigenvalue weighted by molar-refractivity contribution is 8.13. The van der Waals surface area contributed by atoms with E-state index >= 15 is 0 Å². The monoisotopic (exact) mass is 328 g/mol. The molecule has 0 spiro atoms. The number of nitrogens with zero attached hydrogens (tertiary/aromatic N) is 1. The Kier molecular flexibility index (Phi) is 4.27. The van der Waals surface area contributed by atoms with Gasteiger partial charge in [0.1, 0.15) is 0 Å². The molecule has 2 aromatic carbocycles. The number of nitrogens with one attached hydrogen (secondary N) is 1. The molecule has 0 saturated heterocycles. The summed E-state index contributed by atoms with van der Waals surface area (Å²) >= 11 is 0. The van der Waals surface area contributed by atoms with Gasteiger partial charge in [-0.05, 0) is 29.8 Å². The van der Waals surface area contributed by atoms with Crippen LogP contribution in [0.5, 0.6) is 0 Å². The Labute approximate surface area is 136 Å². The van der Waals surface area contributed by atoms with E-state index in [1.807, 2.05) is 36.4 Å². The van der Waals surface area contributed by atoms with Crippen LogP contribution in [-0.2, 0) is 11.4 Å². The molecule has 0 radical (unpaired) electrons. The Bertz CT molecular complexity index is 752. The standard InChI is InChI=1S/C17H16N2O3S/c1-22-18-16(20)13-9-7-12(8-10-13)11-19-17(21)14-5-3-4-6-15(14)23(19)2/h3-10H,2,11H2,1H3,(H,18,20). The van der Waals surface area contributed by atoms with E-state index in [1.165, 1.54) is 7.11 Å². The molecule has 0 aromatic heterocycles. The number of hydroxylamine groups is 1. The molecule has 0 aliphatic carbocycles. The lowest BCUT2D eigenvalue weighted by Gasteiger charge is -2.18. The Morgan fingerprint density at radius 3 is 2.57 bits per heavy atom. The van der Waals surface area contributed by atoms with Gasteiger partial charge in [0.2, 0.25) is 0 Å². The van der Waals surface area contributed by atoms with E-state index in [0.717, 1.165) is 16.0 Å². The molecule has 5 nitrogen and oxygen atoms in total. The van der Waals surface area contributed by atoms with Crippen LogP contribution in [0.1, 0.15) is 26.3 Å². The molecule has 23 heavy (non-hydrogen) atoms. The van der Waals surface area contributed by atoms with E-state index in [1.54, 1.807) is 16.4 Å². The third-order valence-electron chi connectivity index (χ3n) is 3.60. The number of carbonyl (C=O) groups excluding carboxylic acids is 2. The molecule has 1 heterocycles. The van der Waals surface area contributed by atoms with Crippen LogP contribution in [0.4, 0.5) is 0 Å². The molecule has 1 atom stereocenters. The number of benzene rings is 2. The van der Waals surface area contributed by atoms with Crippen LogP contribution in [0, 0.1) is 0 Å². The molecule has 0 fully saturated rings. The third kappa shape index (κ3) is 2.91. The van der Waals surface area contributed by atoms with Crippen molar-refractivity contribution in [3.05, 3.63) is 65.2 Å². The first-order valence-corrected chi connectivity index (χ1v) is 8.34. The zero-order valence-corrected chi connectivity index (χ0v) is 13.4. The van der Waals surface area contributed by atoms with Crippen molar-refractivity contribution in [3.63, 3.8) is 0 Å². The van der Waals surface area contributed by atoms with Gasteiger partial charge in [-0.3, -0.25) is 18.7 Å². The molecule has 1 aliphatic heterocycles. The lowest BCUT2D eigenvalue weighted by atomic mass is 10.1. The summed E-state index contributed by atoms with van der Waals surface area (Å²) in [5, 5.41) is 0. The van der Waals surface area contributed by atoms with E-state index < -0.39 is 10.7 Å². The molecule has 118 valence electrons. The lowest BCUT2D eigenvalue weighted by Crippen LogP contribution is -2.22. The highest BCUT2D eigenvalue weighted by atomic mass is 32.2. The minimum atomic E-state index is -0.499. The van der Waals surface area contributed by atoms with Gasteiger partial charge in [0.15, 0.2) is 0 Å². The summed E-state index contributed by atoms with van der Waals surface area (Å²) in [5.74, 6) is 3.82. The van der Waals surface area contributed by atoms with Crippen LogP contribution >= 0.6 is 10.7 Å². The van der Waals surface area contributed by atoms with Crippen molar-refractivity contribution < 1.29 is 14.4 Å². The molecule has 1 aliphatic rings. The SMILES string of the molecule is C=S1c2ccccc2C(=O)N1Cc1ccc(C(=O)NOC)cc1. The number of amides is 2. The molecule has 1 unspecified atom stereocenters. The quantitative estimate of drug-likeness (QED) is 0.693. The van der Waals surface area contributed by atoms with Crippen LogP contribution in [0.3, 0.4) is 0 Å². The van der Waals surface area contributed by atoms with Crippen molar-refractivity contribution in [2.24, 2.45) is 0 Å². The topological polar surface area (TPSA) is 58.6 Å². The van der Waals surface area contributed by atoms with E-state index in [2.05, 4.69) is 16.2 Å². The van der Waals surface area contributed by atoms with Crippen LogP contribution in [0.25, 0.3) is 0 Å². The summed E-state index contributed by atoms with van der Waals surface area (Å²) in [7, 11) is 0.888. The molecule has 2 aromatic rings. The Hall–Kier alpha value is -2.44. The van der Waals surface area contributed by atoms with E-state index in [4.69, 9.17) is 0 Å². The van der Waals surface area contributed by atoms with Gasteiger partial charge in [0.25, 0.3) is 11.8 Å². The fraction of sp³-hybridized carbons (Fsp3) is 0.118. The maximum Gasteiger partial charge on any atom is 0.274 e. The number of fused-ring (bicyclic) bond motifs is 1. The van der Waals surface area contributed by atoms with Gasteiger partial charge in [-0.2, -0.15) is 0 Å². The van der Waals surface area contributed by atoms with Crippen molar-refractivity contribution in [2.75, 3.05) is 7.11 Å². The van der Waals surface area contributed by atoms with E-state index in [-0.39, 0.29) is 11.8 Å². The van der Waals surface area contributed by atoms with Crippen molar-refractivity contribution in [1.29, 1.82) is 0 Å².